The molecule has 0 amide bonds. The van der Waals surface area contributed by atoms with Gasteiger partial charge >= 0.3 is 0 Å². The summed E-state index contributed by atoms with van der Waals surface area (Å²) < 4.78 is 1.96. The number of pyridine rings is 1. The Bertz CT molecular complexity index is 705. The third-order valence-corrected chi connectivity index (χ3v) is 3.59. The van der Waals surface area contributed by atoms with Gasteiger partial charge in [0.1, 0.15) is 5.52 Å². The summed E-state index contributed by atoms with van der Waals surface area (Å²) in [7, 11) is 0. The molecule has 4 nitrogen and oxygen atoms in total. The van der Waals surface area contributed by atoms with Gasteiger partial charge in [-0.15, -0.1) is 11.8 Å². The second-order valence-corrected chi connectivity index (χ2v) is 4.69. The van der Waals surface area contributed by atoms with Gasteiger partial charge in [-0.3, -0.25) is 9.55 Å². The van der Waals surface area contributed by atoms with Gasteiger partial charge in [-0.2, -0.15) is 0 Å². The topological polar surface area (TPSA) is 56.7 Å². The number of nitrogen functional groups attached to an aromatic ring is 1. The lowest BCUT2D eigenvalue weighted by atomic mass is 10.3. The van der Waals surface area contributed by atoms with Crippen LogP contribution in [0.5, 0.6) is 0 Å². The SMILES string of the molecule is CSc1ccccc1-n1c(N)nc2cnccc21. The van der Waals surface area contributed by atoms with Crippen LogP contribution in [0, 0.1) is 0 Å². The van der Waals surface area contributed by atoms with Crippen LogP contribution in [-0.2, 0) is 0 Å². The molecule has 2 heterocycles. The third-order valence-electron chi connectivity index (χ3n) is 2.81. The van der Waals surface area contributed by atoms with E-state index < -0.39 is 0 Å². The quantitative estimate of drug-likeness (QED) is 0.716. The predicted molar refractivity (Wildman–Crippen MR) is 75.1 cm³/mol. The molecule has 0 saturated heterocycles. The molecule has 18 heavy (non-hydrogen) atoms. The standard InChI is InChI=1S/C13H12N4S/c1-18-12-5-3-2-4-11(12)17-10-6-7-15-8-9(10)16-13(17)14/h2-8H,1H3,(H2,14,16). The van der Waals surface area contributed by atoms with E-state index in [1.807, 2.05) is 28.8 Å². The average Bonchev–Trinajstić information content (AvgIpc) is 2.74. The van der Waals surface area contributed by atoms with Gasteiger partial charge in [0.25, 0.3) is 0 Å². The van der Waals surface area contributed by atoms with Crippen LogP contribution in [0.2, 0.25) is 0 Å². The fourth-order valence-electron chi connectivity index (χ4n) is 2.02. The molecule has 0 unspecified atom stereocenters. The maximum absolute atomic E-state index is 6.02. The number of hydrogen-bond donors (Lipinski definition) is 1. The highest BCUT2D eigenvalue weighted by Crippen LogP contribution is 2.29. The van der Waals surface area contributed by atoms with Gasteiger partial charge in [0, 0.05) is 11.1 Å². The Morgan fingerprint density at radius 2 is 2.06 bits per heavy atom. The van der Waals surface area contributed by atoms with E-state index in [1.165, 1.54) is 4.90 Å². The highest BCUT2D eigenvalue weighted by atomic mass is 32.2. The Hall–Kier alpha value is -2.01. The first-order valence-electron chi connectivity index (χ1n) is 5.52. The van der Waals surface area contributed by atoms with Crippen LogP contribution in [0.25, 0.3) is 16.7 Å². The molecule has 0 aliphatic heterocycles. The number of rotatable bonds is 2. The number of hydrogen-bond acceptors (Lipinski definition) is 4. The van der Waals surface area contributed by atoms with Crippen LogP contribution in [0.3, 0.4) is 0 Å². The van der Waals surface area contributed by atoms with Crippen molar-refractivity contribution in [3.63, 3.8) is 0 Å². The number of nitrogens with zero attached hydrogens (tertiary/aromatic N) is 3. The molecule has 0 aliphatic rings. The number of benzene rings is 1. The fraction of sp³-hybridized carbons (Fsp3) is 0.0769. The maximum atomic E-state index is 6.02. The van der Waals surface area contributed by atoms with Gasteiger partial charge in [0.05, 0.1) is 17.4 Å². The predicted octanol–water partition coefficient (Wildman–Crippen LogP) is 2.72. The van der Waals surface area contributed by atoms with Crippen molar-refractivity contribution in [3.8, 4) is 5.69 Å². The molecular formula is C13H12N4S. The summed E-state index contributed by atoms with van der Waals surface area (Å²) >= 11 is 1.69. The van der Waals surface area contributed by atoms with E-state index >= 15 is 0 Å². The second-order valence-electron chi connectivity index (χ2n) is 3.84. The van der Waals surface area contributed by atoms with Gasteiger partial charge < -0.3 is 5.73 Å². The summed E-state index contributed by atoms with van der Waals surface area (Å²) in [4.78, 5) is 9.57. The molecule has 0 spiro atoms. The van der Waals surface area contributed by atoms with Crippen molar-refractivity contribution >= 4 is 28.7 Å². The number of anilines is 1. The molecule has 0 fully saturated rings. The van der Waals surface area contributed by atoms with Crippen molar-refractivity contribution in [1.82, 2.24) is 14.5 Å². The van der Waals surface area contributed by atoms with Crippen LogP contribution in [0.4, 0.5) is 5.95 Å². The Balaban J connectivity index is 2.34. The van der Waals surface area contributed by atoms with Crippen molar-refractivity contribution in [2.75, 3.05) is 12.0 Å². The number of fused-ring (bicyclic) bond motifs is 1. The number of thioether (sulfide) groups is 1. The van der Waals surface area contributed by atoms with Gasteiger partial charge in [-0.25, -0.2) is 4.98 Å². The highest BCUT2D eigenvalue weighted by Gasteiger charge is 2.12. The van der Waals surface area contributed by atoms with Crippen molar-refractivity contribution < 1.29 is 0 Å². The van der Waals surface area contributed by atoms with Gasteiger partial charge in [0.2, 0.25) is 5.95 Å². The maximum Gasteiger partial charge on any atom is 0.206 e. The summed E-state index contributed by atoms with van der Waals surface area (Å²) in [5.74, 6) is 0.486. The largest absolute Gasteiger partial charge is 0.369 e. The Morgan fingerprint density at radius 3 is 2.89 bits per heavy atom. The van der Waals surface area contributed by atoms with E-state index in [9.17, 15) is 0 Å². The normalized spacial score (nSPS) is 10.9. The molecule has 2 aromatic heterocycles. The minimum Gasteiger partial charge on any atom is -0.369 e. The van der Waals surface area contributed by atoms with Crippen LogP contribution in [-0.4, -0.2) is 20.8 Å². The molecule has 0 atom stereocenters. The summed E-state index contributed by atoms with van der Waals surface area (Å²) in [5, 5.41) is 0. The zero-order valence-corrected chi connectivity index (χ0v) is 10.7. The van der Waals surface area contributed by atoms with E-state index in [-0.39, 0.29) is 0 Å². The summed E-state index contributed by atoms with van der Waals surface area (Å²) in [6.45, 7) is 0. The first-order chi connectivity index (χ1) is 8.81. The van der Waals surface area contributed by atoms with Crippen molar-refractivity contribution in [2.24, 2.45) is 0 Å². The number of aromatic nitrogens is 3. The van der Waals surface area contributed by atoms with Crippen LogP contribution in [0.15, 0.2) is 47.6 Å². The lowest BCUT2D eigenvalue weighted by molar-refractivity contribution is 1.07. The minimum atomic E-state index is 0.486. The van der Waals surface area contributed by atoms with Gasteiger partial charge in [-0.05, 0) is 24.5 Å². The average molecular weight is 256 g/mol. The zero-order chi connectivity index (χ0) is 12.5. The molecule has 0 saturated carbocycles. The first kappa shape index (κ1) is 11.1. The second kappa shape index (κ2) is 4.34. The molecule has 5 heteroatoms. The Labute approximate surface area is 109 Å². The summed E-state index contributed by atoms with van der Waals surface area (Å²) in [6.07, 6.45) is 5.53. The third kappa shape index (κ3) is 1.64. The van der Waals surface area contributed by atoms with Crippen LogP contribution in [0.1, 0.15) is 0 Å². The van der Waals surface area contributed by atoms with Crippen molar-refractivity contribution in [2.45, 2.75) is 4.90 Å². The van der Waals surface area contributed by atoms with E-state index in [2.05, 4.69) is 22.3 Å². The fourth-order valence-corrected chi connectivity index (χ4v) is 2.60. The molecule has 3 rings (SSSR count). The molecule has 0 aliphatic carbocycles. The van der Waals surface area contributed by atoms with Gasteiger partial charge in [0.15, 0.2) is 0 Å². The van der Waals surface area contributed by atoms with E-state index in [0.717, 1.165) is 16.7 Å². The van der Waals surface area contributed by atoms with Crippen molar-refractivity contribution in [3.05, 3.63) is 42.7 Å². The highest BCUT2D eigenvalue weighted by molar-refractivity contribution is 7.98. The van der Waals surface area contributed by atoms with E-state index in [1.54, 1.807) is 24.2 Å². The summed E-state index contributed by atoms with van der Waals surface area (Å²) in [5.41, 5.74) is 8.86. The molecular weight excluding hydrogens is 244 g/mol. The van der Waals surface area contributed by atoms with Gasteiger partial charge in [-0.1, -0.05) is 12.1 Å². The molecule has 0 bridgehead atoms. The van der Waals surface area contributed by atoms with E-state index in [4.69, 9.17) is 5.73 Å². The monoisotopic (exact) mass is 256 g/mol. The summed E-state index contributed by atoms with van der Waals surface area (Å²) in [6, 6.07) is 10.1. The first-order valence-corrected chi connectivity index (χ1v) is 6.75. The van der Waals surface area contributed by atoms with Crippen LogP contribution < -0.4 is 5.73 Å². The number of nitrogens with two attached hydrogens (primary N) is 1. The molecule has 3 aromatic rings. The number of imidazole rings is 1. The van der Waals surface area contributed by atoms with E-state index in [0.29, 0.717) is 5.95 Å². The minimum absolute atomic E-state index is 0.486. The lowest BCUT2D eigenvalue weighted by Crippen LogP contribution is -2.01. The lowest BCUT2D eigenvalue weighted by Gasteiger charge is -2.10. The van der Waals surface area contributed by atoms with Crippen molar-refractivity contribution in [1.29, 1.82) is 0 Å². The Kier molecular flexibility index (Phi) is 2.68. The molecule has 0 radical (unpaired) electrons. The number of para-hydroxylation sites is 1. The Morgan fingerprint density at radius 1 is 1.22 bits per heavy atom. The van der Waals surface area contributed by atoms with Crippen LogP contribution >= 0.6 is 11.8 Å². The molecule has 1 aromatic carbocycles. The molecule has 90 valence electrons. The molecule has 2 N–H and O–H groups in total. The smallest absolute Gasteiger partial charge is 0.206 e. The zero-order valence-electron chi connectivity index (χ0n) is 9.87.